The van der Waals surface area contributed by atoms with Gasteiger partial charge in [0.15, 0.2) is 0 Å². The van der Waals surface area contributed by atoms with Gasteiger partial charge < -0.3 is 9.73 Å². The van der Waals surface area contributed by atoms with Gasteiger partial charge in [-0.2, -0.15) is 0 Å². The molecule has 1 N–H and O–H groups in total. The number of hydrogen-bond donors (Lipinski definition) is 1. The Morgan fingerprint density at radius 3 is 2.68 bits per heavy atom. The Morgan fingerprint density at radius 2 is 2.05 bits per heavy atom. The van der Waals surface area contributed by atoms with E-state index in [-0.39, 0.29) is 5.54 Å². The molecule has 19 heavy (non-hydrogen) atoms. The SMILES string of the molecule is CC(C)(C)NCc1coc(-c2cc(Cl)cc(Br)c2)n1. The predicted octanol–water partition coefficient (Wildman–Crippen LogP) is 4.65. The fourth-order valence-corrected chi connectivity index (χ4v) is 2.41. The van der Waals surface area contributed by atoms with Gasteiger partial charge in [0.05, 0.1) is 5.69 Å². The molecule has 1 aromatic carbocycles. The highest BCUT2D eigenvalue weighted by molar-refractivity contribution is 9.10. The zero-order valence-corrected chi connectivity index (χ0v) is 13.5. The number of hydrogen-bond acceptors (Lipinski definition) is 3. The van der Waals surface area contributed by atoms with Crippen molar-refractivity contribution in [2.75, 3.05) is 0 Å². The van der Waals surface area contributed by atoms with Gasteiger partial charge in [-0.25, -0.2) is 4.98 Å². The highest BCUT2D eigenvalue weighted by Crippen LogP contribution is 2.27. The first-order valence-electron chi connectivity index (χ1n) is 5.99. The Kier molecular flexibility index (Phi) is 4.33. The third-order valence-corrected chi connectivity index (χ3v) is 3.14. The molecule has 5 heteroatoms. The second-order valence-electron chi connectivity index (χ2n) is 5.41. The van der Waals surface area contributed by atoms with Crippen LogP contribution in [0.2, 0.25) is 5.02 Å². The van der Waals surface area contributed by atoms with Crippen LogP contribution in [0.3, 0.4) is 0 Å². The van der Waals surface area contributed by atoms with Crippen molar-refractivity contribution < 1.29 is 4.42 Å². The minimum Gasteiger partial charge on any atom is -0.444 e. The summed E-state index contributed by atoms with van der Waals surface area (Å²) < 4.78 is 6.40. The second-order valence-corrected chi connectivity index (χ2v) is 6.76. The molecule has 0 aliphatic heterocycles. The minimum atomic E-state index is 0.0538. The van der Waals surface area contributed by atoms with E-state index >= 15 is 0 Å². The van der Waals surface area contributed by atoms with Crippen LogP contribution in [-0.4, -0.2) is 10.5 Å². The van der Waals surface area contributed by atoms with Crippen LogP contribution in [0.25, 0.3) is 11.5 Å². The molecule has 0 radical (unpaired) electrons. The fourth-order valence-electron chi connectivity index (χ4n) is 1.55. The fraction of sp³-hybridized carbons (Fsp3) is 0.357. The van der Waals surface area contributed by atoms with Crippen LogP contribution < -0.4 is 5.32 Å². The van der Waals surface area contributed by atoms with Gasteiger partial charge in [0.1, 0.15) is 6.26 Å². The first-order valence-corrected chi connectivity index (χ1v) is 7.16. The summed E-state index contributed by atoms with van der Waals surface area (Å²) in [4.78, 5) is 4.46. The molecule has 0 spiro atoms. The molecule has 0 aliphatic carbocycles. The summed E-state index contributed by atoms with van der Waals surface area (Å²) in [7, 11) is 0. The Bertz CT molecular complexity index is 555. The summed E-state index contributed by atoms with van der Waals surface area (Å²) in [6.45, 7) is 7.01. The summed E-state index contributed by atoms with van der Waals surface area (Å²) >= 11 is 9.42. The zero-order valence-electron chi connectivity index (χ0n) is 11.1. The van der Waals surface area contributed by atoms with Crippen molar-refractivity contribution in [2.24, 2.45) is 0 Å². The third kappa shape index (κ3) is 4.34. The van der Waals surface area contributed by atoms with Crippen LogP contribution in [0.15, 0.2) is 33.4 Å². The number of benzene rings is 1. The smallest absolute Gasteiger partial charge is 0.226 e. The number of rotatable bonds is 3. The average Bonchev–Trinajstić information content (AvgIpc) is 2.72. The second kappa shape index (κ2) is 5.65. The largest absolute Gasteiger partial charge is 0.444 e. The molecule has 0 fully saturated rings. The van der Waals surface area contributed by atoms with Crippen LogP contribution in [0, 0.1) is 0 Å². The van der Waals surface area contributed by atoms with Crippen LogP contribution >= 0.6 is 27.5 Å². The molecule has 0 aliphatic rings. The topological polar surface area (TPSA) is 38.1 Å². The summed E-state index contributed by atoms with van der Waals surface area (Å²) in [5.41, 5.74) is 1.79. The van der Waals surface area contributed by atoms with E-state index in [0.717, 1.165) is 15.7 Å². The lowest BCUT2D eigenvalue weighted by atomic mass is 10.1. The van der Waals surface area contributed by atoms with Crippen molar-refractivity contribution in [3.05, 3.63) is 39.7 Å². The molecule has 0 atom stereocenters. The summed E-state index contributed by atoms with van der Waals surface area (Å²) in [5.74, 6) is 0.578. The molecule has 3 nitrogen and oxygen atoms in total. The van der Waals surface area contributed by atoms with E-state index in [1.807, 2.05) is 18.2 Å². The lowest BCUT2D eigenvalue weighted by molar-refractivity contribution is 0.421. The van der Waals surface area contributed by atoms with Crippen molar-refractivity contribution in [2.45, 2.75) is 32.9 Å². The number of aromatic nitrogens is 1. The summed E-state index contributed by atoms with van der Waals surface area (Å²) in [5, 5.41) is 4.02. The molecule has 0 saturated carbocycles. The zero-order chi connectivity index (χ0) is 14.0. The van der Waals surface area contributed by atoms with Crippen molar-refractivity contribution >= 4 is 27.5 Å². The Balaban J connectivity index is 2.16. The lowest BCUT2D eigenvalue weighted by Gasteiger charge is -2.19. The monoisotopic (exact) mass is 342 g/mol. The van der Waals surface area contributed by atoms with Gasteiger partial charge in [-0.15, -0.1) is 0 Å². The van der Waals surface area contributed by atoms with E-state index in [1.54, 1.807) is 6.26 Å². The molecule has 0 saturated heterocycles. The molecule has 1 aromatic heterocycles. The molecule has 102 valence electrons. The Hall–Kier alpha value is -0.840. The number of nitrogens with one attached hydrogen (secondary N) is 1. The van der Waals surface area contributed by atoms with Gasteiger partial charge in [0, 0.05) is 27.1 Å². The van der Waals surface area contributed by atoms with Crippen LogP contribution in [0.4, 0.5) is 0 Å². The molecular formula is C14H16BrClN2O. The highest BCUT2D eigenvalue weighted by Gasteiger charge is 2.12. The number of halogens is 2. The Labute approximate surface area is 126 Å². The van der Waals surface area contributed by atoms with E-state index in [0.29, 0.717) is 17.5 Å². The highest BCUT2D eigenvalue weighted by atomic mass is 79.9. The first kappa shape index (κ1) is 14.6. The maximum absolute atomic E-state index is 6.02. The van der Waals surface area contributed by atoms with Crippen molar-refractivity contribution in [1.82, 2.24) is 10.3 Å². The molecular weight excluding hydrogens is 328 g/mol. The van der Waals surface area contributed by atoms with Crippen LogP contribution in [0.5, 0.6) is 0 Å². The van der Waals surface area contributed by atoms with E-state index in [4.69, 9.17) is 16.0 Å². The van der Waals surface area contributed by atoms with E-state index in [2.05, 4.69) is 47.0 Å². The first-order chi connectivity index (χ1) is 8.83. The maximum atomic E-state index is 6.02. The van der Waals surface area contributed by atoms with Gasteiger partial charge in [-0.3, -0.25) is 0 Å². The molecule has 1 heterocycles. The molecule has 2 aromatic rings. The normalized spacial score (nSPS) is 11.8. The standard InChI is InChI=1S/C14H16BrClN2O/c1-14(2,3)17-7-12-8-19-13(18-12)9-4-10(15)6-11(16)5-9/h4-6,8,17H,7H2,1-3H3. The van der Waals surface area contributed by atoms with Crippen LogP contribution in [-0.2, 0) is 6.54 Å². The van der Waals surface area contributed by atoms with Gasteiger partial charge >= 0.3 is 0 Å². The predicted molar refractivity (Wildman–Crippen MR) is 81.2 cm³/mol. The minimum absolute atomic E-state index is 0.0538. The van der Waals surface area contributed by atoms with Gasteiger partial charge in [0.2, 0.25) is 5.89 Å². The van der Waals surface area contributed by atoms with E-state index < -0.39 is 0 Å². The van der Waals surface area contributed by atoms with Crippen molar-refractivity contribution in [3.63, 3.8) is 0 Å². The lowest BCUT2D eigenvalue weighted by Crippen LogP contribution is -2.35. The van der Waals surface area contributed by atoms with E-state index in [1.165, 1.54) is 0 Å². The molecule has 0 amide bonds. The summed E-state index contributed by atoms with van der Waals surface area (Å²) in [6, 6.07) is 5.59. The third-order valence-electron chi connectivity index (χ3n) is 2.46. The molecule has 0 unspecified atom stereocenters. The molecule has 2 rings (SSSR count). The maximum Gasteiger partial charge on any atom is 0.226 e. The van der Waals surface area contributed by atoms with Crippen LogP contribution in [0.1, 0.15) is 26.5 Å². The van der Waals surface area contributed by atoms with E-state index in [9.17, 15) is 0 Å². The Morgan fingerprint density at radius 1 is 1.32 bits per heavy atom. The van der Waals surface area contributed by atoms with Gasteiger partial charge in [0.25, 0.3) is 0 Å². The molecule has 0 bridgehead atoms. The average molecular weight is 344 g/mol. The summed E-state index contributed by atoms with van der Waals surface area (Å²) in [6.07, 6.45) is 1.67. The quantitative estimate of drug-likeness (QED) is 0.882. The van der Waals surface area contributed by atoms with Gasteiger partial charge in [-0.1, -0.05) is 27.5 Å². The van der Waals surface area contributed by atoms with Gasteiger partial charge in [-0.05, 0) is 39.0 Å². The number of oxazole rings is 1. The van der Waals surface area contributed by atoms with Crippen molar-refractivity contribution in [3.8, 4) is 11.5 Å². The number of nitrogens with zero attached hydrogens (tertiary/aromatic N) is 1. The van der Waals surface area contributed by atoms with Crippen molar-refractivity contribution in [1.29, 1.82) is 0 Å².